The van der Waals surface area contributed by atoms with Crippen LogP contribution in [0, 0.1) is 0 Å². The lowest BCUT2D eigenvalue weighted by Crippen LogP contribution is -2.38. The smallest absolute Gasteiger partial charge is 0.188 e. The van der Waals surface area contributed by atoms with Crippen LogP contribution in [0.15, 0.2) is 17.1 Å². The lowest BCUT2D eigenvalue weighted by molar-refractivity contribution is 0.158. The molecule has 0 aromatic rings. The summed E-state index contributed by atoms with van der Waals surface area (Å²) in [5.41, 5.74) is 6.79. The van der Waals surface area contributed by atoms with E-state index >= 15 is 0 Å². The van der Waals surface area contributed by atoms with Crippen LogP contribution in [0.4, 0.5) is 0 Å². The van der Waals surface area contributed by atoms with E-state index in [1.807, 2.05) is 6.92 Å². The predicted molar refractivity (Wildman–Crippen MR) is 98.8 cm³/mol. The Bertz CT molecular complexity index is 304. The third-order valence-corrected chi connectivity index (χ3v) is 3.64. The molecule has 0 bridgehead atoms. The van der Waals surface area contributed by atoms with Crippen LogP contribution in [0.5, 0.6) is 0 Å². The van der Waals surface area contributed by atoms with Crippen molar-refractivity contribution in [2.24, 2.45) is 10.7 Å². The molecule has 0 amide bonds. The Morgan fingerprint density at radius 3 is 2.80 bits per heavy atom. The number of nitrogens with two attached hydrogens (primary N) is 1. The van der Waals surface area contributed by atoms with Crippen LogP contribution in [0.1, 0.15) is 46.0 Å². The van der Waals surface area contributed by atoms with Gasteiger partial charge in [0.25, 0.3) is 0 Å². The first-order valence-electron chi connectivity index (χ1n) is 7.52. The van der Waals surface area contributed by atoms with Crippen molar-refractivity contribution in [2.45, 2.75) is 52.0 Å². The summed E-state index contributed by atoms with van der Waals surface area (Å²) < 4.78 is 0. The number of piperidine rings is 1. The largest absolute Gasteiger partial charge is 0.370 e. The number of halogens is 1. The summed E-state index contributed by atoms with van der Waals surface area (Å²) in [5, 5.41) is 3.16. The van der Waals surface area contributed by atoms with Gasteiger partial charge in [-0.3, -0.25) is 0 Å². The fraction of sp³-hybridized carbons (Fsp3) is 0.800. The molecule has 0 spiro atoms. The van der Waals surface area contributed by atoms with Gasteiger partial charge in [-0.1, -0.05) is 18.6 Å². The Hall–Kier alpha value is -0.300. The average molecular weight is 394 g/mol. The molecule has 1 saturated heterocycles. The fourth-order valence-electron chi connectivity index (χ4n) is 2.42. The first-order chi connectivity index (χ1) is 9.09. The maximum Gasteiger partial charge on any atom is 0.188 e. The van der Waals surface area contributed by atoms with Gasteiger partial charge in [0.2, 0.25) is 0 Å². The summed E-state index contributed by atoms with van der Waals surface area (Å²) in [6, 6.07) is 0.768. The molecular weight excluding hydrogens is 363 g/mol. The number of rotatable bonds is 7. The van der Waals surface area contributed by atoms with Crippen molar-refractivity contribution in [1.82, 2.24) is 10.2 Å². The third kappa shape index (κ3) is 8.79. The van der Waals surface area contributed by atoms with Gasteiger partial charge in [-0.05, 0) is 52.6 Å². The maximum atomic E-state index is 5.76. The minimum atomic E-state index is 0. The standard InChI is InChI=1S/C15H30N4.HI/c1-13(2)12-18-15(16)17-9-5-7-11-19-10-6-4-8-14(19)3;/h14H,1,4-12H2,2-3H3,(H3,16,17,18);1H. The van der Waals surface area contributed by atoms with Crippen LogP contribution in [-0.4, -0.2) is 43.1 Å². The van der Waals surface area contributed by atoms with Gasteiger partial charge < -0.3 is 16.0 Å². The number of aliphatic imine (C=N–C) groups is 1. The van der Waals surface area contributed by atoms with Crippen molar-refractivity contribution < 1.29 is 0 Å². The molecular formula is C15H31IN4. The average Bonchev–Trinajstić information content (AvgIpc) is 2.38. The Labute approximate surface area is 141 Å². The summed E-state index contributed by atoms with van der Waals surface area (Å²) in [4.78, 5) is 6.81. The molecule has 1 heterocycles. The minimum Gasteiger partial charge on any atom is -0.370 e. The highest BCUT2D eigenvalue weighted by Crippen LogP contribution is 2.16. The van der Waals surface area contributed by atoms with Crippen molar-refractivity contribution >= 4 is 29.9 Å². The van der Waals surface area contributed by atoms with Gasteiger partial charge in [-0.2, -0.15) is 0 Å². The Balaban J connectivity index is 0.00000361. The number of guanidine groups is 1. The molecule has 1 atom stereocenters. The lowest BCUT2D eigenvalue weighted by Gasteiger charge is -2.33. The van der Waals surface area contributed by atoms with E-state index in [0.717, 1.165) is 24.6 Å². The number of nitrogens with zero attached hydrogens (tertiary/aromatic N) is 2. The molecule has 1 unspecified atom stereocenters. The van der Waals surface area contributed by atoms with Crippen LogP contribution >= 0.6 is 24.0 Å². The summed E-state index contributed by atoms with van der Waals surface area (Å²) in [7, 11) is 0. The second kappa shape index (κ2) is 11.4. The third-order valence-electron chi connectivity index (χ3n) is 3.64. The highest BCUT2D eigenvalue weighted by atomic mass is 127. The zero-order valence-corrected chi connectivity index (χ0v) is 15.4. The molecule has 0 saturated carbocycles. The minimum absolute atomic E-state index is 0. The monoisotopic (exact) mass is 394 g/mol. The Kier molecular flexibility index (Phi) is 11.2. The van der Waals surface area contributed by atoms with Gasteiger partial charge in [-0.15, -0.1) is 24.0 Å². The van der Waals surface area contributed by atoms with Crippen LogP contribution in [0.2, 0.25) is 0 Å². The molecule has 3 N–H and O–H groups in total. The number of likely N-dealkylation sites (tertiary alicyclic amines) is 1. The molecule has 1 aliphatic rings. The quantitative estimate of drug-likeness (QED) is 0.230. The van der Waals surface area contributed by atoms with Gasteiger partial charge >= 0.3 is 0 Å². The van der Waals surface area contributed by atoms with Gasteiger partial charge in [0, 0.05) is 12.6 Å². The molecule has 1 aliphatic heterocycles. The van der Waals surface area contributed by atoms with E-state index < -0.39 is 0 Å². The number of unbranched alkanes of at least 4 members (excludes halogenated alkanes) is 1. The van der Waals surface area contributed by atoms with Crippen molar-refractivity contribution in [3.05, 3.63) is 12.2 Å². The predicted octanol–water partition coefficient (Wildman–Crippen LogP) is 2.74. The van der Waals surface area contributed by atoms with E-state index in [9.17, 15) is 0 Å². The molecule has 5 heteroatoms. The second-order valence-corrected chi connectivity index (χ2v) is 5.67. The Morgan fingerprint density at radius 2 is 2.15 bits per heavy atom. The normalized spacial score (nSPS) is 20.3. The molecule has 0 aromatic heterocycles. The van der Waals surface area contributed by atoms with Gasteiger partial charge in [-0.25, -0.2) is 4.99 Å². The lowest BCUT2D eigenvalue weighted by atomic mass is 10.0. The molecule has 0 aromatic carbocycles. The van der Waals surface area contributed by atoms with Gasteiger partial charge in [0.1, 0.15) is 0 Å². The first kappa shape index (κ1) is 19.7. The zero-order valence-electron chi connectivity index (χ0n) is 13.0. The van der Waals surface area contributed by atoms with Gasteiger partial charge in [0.05, 0.1) is 6.54 Å². The maximum absolute atomic E-state index is 5.76. The van der Waals surface area contributed by atoms with E-state index in [1.165, 1.54) is 38.8 Å². The second-order valence-electron chi connectivity index (χ2n) is 5.67. The van der Waals surface area contributed by atoms with Crippen LogP contribution in [-0.2, 0) is 0 Å². The van der Waals surface area contributed by atoms with Crippen molar-refractivity contribution in [2.75, 3.05) is 26.2 Å². The molecule has 20 heavy (non-hydrogen) atoms. The molecule has 1 rings (SSSR count). The number of hydrogen-bond acceptors (Lipinski definition) is 2. The highest BCUT2D eigenvalue weighted by molar-refractivity contribution is 14.0. The van der Waals surface area contributed by atoms with Crippen molar-refractivity contribution in [1.29, 1.82) is 0 Å². The molecule has 0 radical (unpaired) electrons. The first-order valence-corrected chi connectivity index (χ1v) is 7.52. The Morgan fingerprint density at radius 1 is 1.40 bits per heavy atom. The van der Waals surface area contributed by atoms with E-state index in [1.54, 1.807) is 0 Å². The van der Waals surface area contributed by atoms with E-state index in [0.29, 0.717) is 12.5 Å². The SMILES string of the molecule is C=C(C)CN=C(N)NCCCCN1CCCCC1C.I. The van der Waals surface area contributed by atoms with E-state index in [2.05, 4.69) is 28.7 Å². The molecule has 0 aliphatic carbocycles. The summed E-state index contributed by atoms with van der Waals surface area (Å²) in [6.45, 7) is 12.1. The number of hydrogen-bond donors (Lipinski definition) is 2. The van der Waals surface area contributed by atoms with Crippen molar-refractivity contribution in [3.63, 3.8) is 0 Å². The number of nitrogens with one attached hydrogen (secondary N) is 1. The topological polar surface area (TPSA) is 53.6 Å². The van der Waals surface area contributed by atoms with E-state index in [4.69, 9.17) is 5.73 Å². The summed E-state index contributed by atoms with van der Waals surface area (Å²) in [5.74, 6) is 0.536. The van der Waals surface area contributed by atoms with Crippen molar-refractivity contribution in [3.8, 4) is 0 Å². The molecule has 118 valence electrons. The van der Waals surface area contributed by atoms with Crippen LogP contribution in [0.25, 0.3) is 0 Å². The highest BCUT2D eigenvalue weighted by Gasteiger charge is 2.16. The fourth-order valence-corrected chi connectivity index (χ4v) is 2.42. The van der Waals surface area contributed by atoms with Gasteiger partial charge in [0.15, 0.2) is 5.96 Å². The summed E-state index contributed by atoms with van der Waals surface area (Å²) in [6.07, 6.45) is 6.49. The summed E-state index contributed by atoms with van der Waals surface area (Å²) >= 11 is 0. The zero-order chi connectivity index (χ0) is 14.1. The van der Waals surface area contributed by atoms with E-state index in [-0.39, 0.29) is 24.0 Å². The van der Waals surface area contributed by atoms with Crippen LogP contribution < -0.4 is 11.1 Å². The molecule has 1 fully saturated rings. The molecule has 4 nitrogen and oxygen atoms in total. The van der Waals surface area contributed by atoms with Crippen LogP contribution in [0.3, 0.4) is 0 Å².